The van der Waals surface area contributed by atoms with Gasteiger partial charge in [0.15, 0.2) is 0 Å². The number of rotatable bonds is 36. The molecule has 10 aromatic rings. The lowest BCUT2D eigenvalue weighted by molar-refractivity contribution is -0.141. The van der Waals surface area contributed by atoms with Crippen molar-refractivity contribution >= 4 is 149 Å². The Balaban J connectivity index is 0.000000189. The molecule has 4 aromatic heterocycles. The second-order valence-electron chi connectivity index (χ2n) is 29.9. The molecule has 2 aliphatic rings. The number of Topliss-reactive ketones (excluding diaryl/α,β-unsaturated/α-hetero) is 4. The summed E-state index contributed by atoms with van der Waals surface area (Å²) < 4.78 is 21.8. The smallest absolute Gasteiger partial charge is 0.365 e. The van der Waals surface area contributed by atoms with E-state index < -0.39 is 69.5 Å². The molecule has 0 bridgehead atoms. The van der Waals surface area contributed by atoms with Crippen LogP contribution in [-0.2, 0) is 33.7 Å². The SMILES string of the molecule is CCCCCC/C(=N\OC(C)=O)C(=O)c1cc2ccc(N(CC)CC)cc2oc1=O.CCCCCC/C(=N\OC(C)=O)C(=O)c1cc2ccc(SC)cc2oc1=O.CCN(CC)c1ccc2cc(C(=O)/C(CC3CCCC3)=N/OC(C)=O)c(=O)oc2c1.O=C(O/N=C(\CC1CCCC1)C(=O)c1cc2ccc(Sc3ccccc3)cc2oc1=O)c1ccccc1. The fraction of sp³-hybridized carbons (Fsp3) is 0.375. The van der Waals surface area contributed by atoms with Crippen LogP contribution < -0.4 is 32.3 Å². The summed E-state index contributed by atoms with van der Waals surface area (Å²) in [6.07, 6.45) is 19.0. The van der Waals surface area contributed by atoms with E-state index in [2.05, 4.69) is 81.6 Å². The molecule has 2 saturated carbocycles. The molecule has 0 N–H and O–H groups in total. The fourth-order valence-electron chi connectivity index (χ4n) is 14.3. The van der Waals surface area contributed by atoms with Crippen molar-refractivity contribution in [2.75, 3.05) is 42.2 Å². The lowest BCUT2D eigenvalue weighted by Crippen LogP contribution is -2.24. The molecule has 652 valence electrons. The Kier molecular flexibility index (Phi) is 37.4. The minimum atomic E-state index is -0.743. The number of hydrogen-bond donors (Lipinski definition) is 0. The Bertz CT molecular complexity index is 5810. The molecular formula is C96H106N6O20S2. The molecule has 0 atom stereocenters. The fourth-order valence-corrected chi connectivity index (χ4v) is 15.6. The third-order valence-electron chi connectivity index (χ3n) is 20.9. The van der Waals surface area contributed by atoms with Crippen molar-refractivity contribution in [1.82, 2.24) is 0 Å². The van der Waals surface area contributed by atoms with Crippen LogP contribution in [0.1, 0.15) is 243 Å². The van der Waals surface area contributed by atoms with Crippen molar-refractivity contribution in [2.45, 2.75) is 205 Å². The predicted octanol–water partition coefficient (Wildman–Crippen LogP) is 20.5. The molecule has 0 unspecified atom stereocenters. The first-order valence-electron chi connectivity index (χ1n) is 42.2. The number of ketones is 4. The quantitative estimate of drug-likeness (QED) is 0.00669. The van der Waals surface area contributed by atoms with Gasteiger partial charge in [-0.1, -0.05) is 185 Å². The van der Waals surface area contributed by atoms with Crippen LogP contribution in [0, 0.1) is 11.8 Å². The van der Waals surface area contributed by atoms with E-state index >= 15 is 0 Å². The average Bonchev–Trinajstić information content (AvgIpc) is 0.942. The summed E-state index contributed by atoms with van der Waals surface area (Å²) in [5.41, 5.74) is 0.774. The van der Waals surface area contributed by atoms with Crippen LogP contribution >= 0.6 is 23.5 Å². The Morgan fingerprint density at radius 3 is 1.06 bits per heavy atom. The Morgan fingerprint density at radius 2 is 0.702 bits per heavy atom. The van der Waals surface area contributed by atoms with Crippen molar-refractivity contribution in [3.8, 4) is 0 Å². The van der Waals surface area contributed by atoms with E-state index in [4.69, 9.17) is 27.3 Å². The predicted molar refractivity (Wildman–Crippen MR) is 484 cm³/mol. The first kappa shape index (κ1) is 95.5. The van der Waals surface area contributed by atoms with E-state index in [9.17, 15) is 57.5 Å². The van der Waals surface area contributed by atoms with Gasteiger partial charge in [0, 0.05) is 107 Å². The van der Waals surface area contributed by atoms with Gasteiger partial charge in [0.25, 0.3) is 0 Å². The summed E-state index contributed by atoms with van der Waals surface area (Å²) in [7, 11) is 0. The summed E-state index contributed by atoms with van der Waals surface area (Å²) in [6.45, 7) is 19.3. The monoisotopic (exact) mass is 1730 g/mol. The highest BCUT2D eigenvalue weighted by molar-refractivity contribution is 7.99. The van der Waals surface area contributed by atoms with Gasteiger partial charge in [0.1, 0.15) is 67.4 Å². The molecule has 4 heterocycles. The maximum Gasteiger partial charge on any atom is 0.365 e. The number of hydrogen-bond acceptors (Lipinski definition) is 28. The van der Waals surface area contributed by atoms with Crippen LogP contribution in [0.3, 0.4) is 0 Å². The molecule has 2 fully saturated rings. The standard InChI is InChI=1S/C30H25NO5S.C23H28N2O5.C23H30N2O5.C20H23NO5S/c32-28(26(17-20-9-7-8-10-20)31-36-29(33)21-11-3-1-4-12-21)25-18-22-15-16-24(19-27(22)35-30(25)34)37-23-13-5-2-6-14-23;1-4-25(5-2)18-11-10-17-13-19(23(28)29-21(17)14-18)22(27)20(24-30-15(3)26)12-16-8-6-7-9-16;1-5-8-9-10-11-20(24-30-16(4)26)22(27)19-14-17-12-13-18(25(6-2)7-3)15-21(17)29-23(19)28;1-4-5-6-7-8-17(21-26-13(2)22)19(23)16-11-14-9-10-15(27-3)12-18(14)25-20(16)24/h1-6,11-16,18-20H,7-10,17H2;10-11,13-14,16H,4-9,12H2,1-3H3;12-15H,5-11H2,1-4H3;9-12H,4-8H2,1-3H3/b31-26+;2*24-20+;21-17+. The molecule has 28 heteroatoms. The lowest BCUT2D eigenvalue weighted by atomic mass is 9.96. The third kappa shape index (κ3) is 27.9. The van der Waals surface area contributed by atoms with Gasteiger partial charge < -0.3 is 46.8 Å². The summed E-state index contributed by atoms with van der Waals surface area (Å²) in [4.78, 5) is 175. The highest BCUT2D eigenvalue weighted by Crippen LogP contribution is 2.34. The molecule has 26 nitrogen and oxygen atoms in total. The number of fused-ring (bicyclic) bond motifs is 4. The first-order chi connectivity index (χ1) is 59.8. The first-order valence-corrected chi connectivity index (χ1v) is 44.2. The van der Waals surface area contributed by atoms with Crippen LogP contribution in [0.5, 0.6) is 0 Å². The van der Waals surface area contributed by atoms with Crippen LogP contribution in [0.25, 0.3) is 43.9 Å². The van der Waals surface area contributed by atoms with E-state index in [0.717, 1.165) is 149 Å². The number of oxime groups is 4. The van der Waals surface area contributed by atoms with Gasteiger partial charge in [0.05, 0.1) is 5.56 Å². The topological polar surface area (TPSA) is 350 Å². The second kappa shape index (κ2) is 48.5. The zero-order valence-corrected chi connectivity index (χ0v) is 73.4. The van der Waals surface area contributed by atoms with Crippen molar-refractivity contribution < 1.29 is 75.4 Å². The molecule has 0 radical (unpaired) electrons. The average molecular weight is 1730 g/mol. The van der Waals surface area contributed by atoms with Crippen LogP contribution in [0.2, 0.25) is 0 Å². The maximum atomic E-state index is 13.5. The summed E-state index contributed by atoms with van der Waals surface area (Å²) in [5, 5.41) is 17.7. The Labute approximate surface area is 727 Å². The number of benzene rings is 6. The van der Waals surface area contributed by atoms with Crippen LogP contribution in [-0.4, -0.2) is 102 Å². The molecule has 2 aliphatic carbocycles. The van der Waals surface area contributed by atoms with Crippen molar-refractivity contribution in [2.24, 2.45) is 32.5 Å². The molecule has 12 rings (SSSR count). The highest BCUT2D eigenvalue weighted by atomic mass is 32.2. The van der Waals surface area contributed by atoms with E-state index in [1.54, 1.807) is 66.4 Å². The lowest BCUT2D eigenvalue weighted by Gasteiger charge is -2.21. The van der Waals surface area contributed by atoms with Gasteiger partial charge in [-0.25, -0.2) is 38.4 Å². The van der Waals surface area contributed by atoms with Crippen LogP contribution in [0.4, 0.5) is 11.4 Å². The number of carbonyl (C=O) groups is 8. The van der Waals surface area contributed by atoms with Gasteiger partial charge in [0.2, 0.25) is 23.1 Å². The van der Waals surface area contributed by atoms with Gasteiger partial charge in [-0.05, 0) is 181 Å². The molecule has 0 amide bonds. The van der Waals surface area contributed by atoms with Gasteiger partial charge in [-0.15, -0.1) is 11.8 Å². The maximum absolute atomic E-state index is 13.5. The molecule has 0 saturated heterocycles. The Morgan fingerprint density at radius 1 is 0.371 bits per heavy atom. The van der Waals surface area contributed by atoms with Crippen LogP contribution in [0.15, 0.2) is 230 Å². The largest absolute Gasteiger partial charge is 0.422 e. The molecule has 0 aliphatic heterocycles. The molecule has 6 aromatic carbocycles. The number of thioether (sulfide) groups is 1. The van der Waals surface area contributed by atoms with Gasteiger partial charge in [-0.3, -0.25) is 19.2 Å². The van der Waals surface area contributed by atoms with Crippen molar-refractivity contribution in [3.05, 3.63) is 227 Å². The van der Waals surface area contributed by atoms with Gasteiger partial charge >= 0.3 is 46.4 Å². The normalized spacial score (nSPS) is 13.1. The third-order valence-corrected chi connectivity index (χ3v) is 22.6. The second-order valence-corrected chi connectivity index (χ2v) is 31.9. The summed E-state index contributed by atoms with van der Waals surface area (Å²) in [6, 6.07) is 46.5. The number of nitrogens with zero attached hydrogens (tertiary/aromatic N) is 6. The minimum absolute atomic E-state index is 0.0488. The molecule has 124 heavy (non-hydrogen) atoms. The van der Waals surface area contributed by atoms with E-state index in [-0.39, 0.29) is 51.0 Å². The summed E-state index contributed by atoms with van der Waals surface area (Å²) >= 11 is 3.08. The zero-order valence-electron chi connectivity index (χ0n) is 71.8. The number of anilines is 2. The zero-order chi connectivity index (χ0) is 89.2. The van der Waals surface area contributed by atoms with Crippen molar-refractivity contribution in [3.63, 3.8) is 0 Å². The van der Waals surface area contributed by atoms with Crippen molar-refractivity contribution in [1.29, 1.82) is 0 Å². The summed E-state index contributed by atoms with van der Waals surface area (Å²) in [5.74, 6) is -4.23. The molecular weight excluding hydrogens is 1620 g/mol. The Hall–Kier alpha value is -12.3. The highest BCUT2D eigenvalue weighted by Gasteiger charge is 2.30. The number of carbonyl (C=O) groups excluding carboxylic acids is 8. The minimum Gasteiger partial charge on any atom is -0.422 e. The van der Waals surface area contributed by atoms with E-state index in [1.165, 1.54) is 56.8 Å². The van der Waals surface area contributed by atoms with E-state index in [1.807, 2.05) is 85.1 Å². The van der Waals surface area contributed by atoms with E-state index in [0.29, 0.717) is 87.5 Å². The number of unbranched alkanes of at least 4 members (excludes halogenated alkanes) is 6. The van der Waals surface area contributed by atoms with Gasteiger partial charge in [-0.2, -0.15) is 0 Å². The molecule has 0 spiro atoms.